The second-order valence-corrected chi connectivity index (χ2v) is 5.60. The van der Waals surface area contributed by atoms with Crippen molar-refractivity contribution in [2.75, 3.05) is 13.2 Å². The van der Waals surface area contributed by atoms with Crippen molar-refractivity contribution in [1.82, 2.24) is 5.32 Å². The summed E-state index contributed by atoms with van der Waals surface area (Å²) in [5, 5.41) is 3.19. The highest BCUT2D eigenvalue weighted by Gasteiger charge is 2.13. The maximum absolute atomic E-state index is 11.9. The Morgan fingerprint density at radius 1 is 0.958 bits per heavy atom. The monoisotopic (exact) mass is 365 g/mol. The number of rotatable bonds is 6. The molecule has 0 atom stereocenters. The Bertz CT molecular complexity index is 759. The summed E-state index contributed by atoms with van der Waals surface area (Å²) in [6.07, 6.45) is 0. The fourth-order valence-electron chi connectivity index (χ4n) is 1.82. The molecular weight excluding hydrogens is 353 g/mol. The molecule has 7 heteroatoms. The molecule has 0 aliphatic carbocycles. The number of ether oxygens (including phenoxy) is 1. The smallest absolute Gasteiger partial charge is 0.325 e. The fourth-order valence-corrected chi connectivity index (χ4v) is 2.19. The molecule has 2 rings (SSSR count). The van der Waals surface area contributed by atoms with Gasteiger partial charge in [-0.3, -0.25) is 14.4 Å². The third-order valence-corrected chi connectivity index (χ3v) is 3.62. The first kappa shape index (κ1) is 18.0. The molecule has 0 aliphatic rings. The molecule has 0 unspecified atom stereocenters. The van der Waals surface area contributed by atoms with Gasteiger partial charge < -0.3 is 10.1 Å². The lowest BCUT2D eigenvalue weighted by Gasteiger charge is -2.07. The Hall–Kier alpha value is -2.37. The second-order valence-electron chi connectivity index (χ2n) is 4.75. The highest BCUT2D eigenvalue weighted by Crippen LogP contribution is 2.15. The summed E-state index contributed by atoms with van der Waals surface area (Å²) in [5.41, 5.74) is 0.636. The number of esters is 1. The van der Waals surface area contributed by atoms with E-state index in [9.17, 15) is 14.4 Å². The van der Waals surface area contributed by atoms with Crippen molar-refractivity contribution < 1.29 is 19.1 Å². The minimum Gasteiger partial charge on any atom is -0.456 e. The van der Waals surface area contributed by atoms with Crippen molar-refractivity contribution in [3.8, 4) is 0 Å². The van der Waals surface area contributed by atoms with Gasteiger partial charge in [-0.05, 0) is 36.4 Å². The molecular formula is C17H13Cl2NO4. The molecule has 0 radical (unpaired) electrons. The van der Waals surface area contributed by atoms with E-state index >= 15 is 0 Å². The molecule has 0 bridgehead atoms. The summed E-state index contributed by atoms with van der Waals surface area (Å²) >= 11 is 11.6. The summed E-state index contributed by atoms with van der Waals surface area (Å²) < 4.78 is 4.84. The number of hydrogen-bond acceptors (Lipinski definition) is 4. The topological polar surface area (TPSA) is 72.5 Å². The number of amides is 1. The number of benzene rings is 2. The Morgan fingerprint density at radius 3 is 2.29 bits per heavy atom. The van der Waals surface area contributed by atoms with Gasteiger partial charge in [-0.1, -0.05) is 35.3 Å². The van der Waals surface area contributed by atoms with Gasteiger partial charge in [0.1, 0.15) is 6.54 Å². The molecule has 0 fully saturated rings. The lowest BCUT2D eigenvalue weighted by atomic mass is 10.1. The van der Waals surface area contributed by atoms with E-state index in [0.717, 1.165) is 0 Å². The number of ketones is 1. The van der Waals surface area contributed by atoms with Gasteiger partial charge in [0, 0.05) is 16.1 Å². The van der Waals surface area contributed by atoms with Crippen molar-refractivity contribution in [3.05, 3.63) is 69.7 Å². The van der Waals surface area contributed by atoms with Crippen LogP contribution in [0.15, 0.2) is 48.5 Å². The van der Waals surface area contributed by atoms with Crippen molar-refractivity contribution >= 4 is 40.9 Å². The normalized spacial score (nSPS) is 10.1. The van der Waals surface area contributed by atoms with Crippen LogP contribution in [0.2, 0.25) is 10.0 Å². The molecule has 1 amide bonds. The maximum atomic E-state index is 11.9. The average Bonchev–Trinajstić information content (AvgIpc) is 2.58. The molecule has 124 valence electrons. The SMILES string of the molecule is O=C(CNC(=O)c1ccc(Cl)cc1)OCC(=O)c1ccccc1Cl. The van der Waals surface area contributed by atoms with Crippen LogP contribution in [0.25, 0.3) is 0 Å². The predicted molar refractivity (Wildman–Crippen MR) is 90.5 cm³/mol. The van der Waals surface area contributed by atoms with E-state index in [4.69, 9.17) is 27.9 Å². The van der Waals surface area contributed by atoms with Crippen molar-refractivity contribution in [1.29, 1.82) is 0 Å². The summed E-state index contributed by atoms with van der Waals surface area (Å²) in [4.78, 5) is 35.3. The van der Waals surface area contributed by atoms with Crippen LogP contribution in [-0.4, -0.2) is 30.8 Å². The zero-order valence-corrected chi connectivity index (χ0v) is 13.9. The van der Waals surface area contributed by atoms with Gasteiger partial charge in [0.15, 0.2) is 6.61 Å². The molecule has 0 aromatic heterocycles. The van der Waals surface area contributed by atoms with Crippen LogP contribution >= 0.6 is 23.2 Å². The Morgan fingerprint density at radius 2 is 1.62 bits per heavy atom. The van der Waals surface area contributed by atoms with Gasteiger partial charge in [-0.15, -0.1) is 0 Å². The number of Topliss-reactive ketones (excluding diaryl/α,β-unsaturated/α-hetero) is 1. The molecule has 0 heterocycles. The predicted octanol–water partition coefficient (Wildman–Crippen LogP) is 3.15. The minimum absolute atomic E-state index is 0.275. The van der Waals surface area contributed by atoms with Gasteiger partial charge in [-0.25, -0.2) is 0 Å². The lowest BCUT2D eigenvalue weighted by Crippen LogP contribution is -2.31. The van der Waals surface area contributed by atoms with Crippen LogP contribution < -0.4 is 5.32 Å². The first-order chi connectivity index (χ1) is 11.5. The highest BCUT2D eigenvalue weighted by molar-refractivity contribution is 6.34. The first-order valence-corrected chi connectivity index (χ1v) is 7.70. The van der Waals surface area contributed by atoms with Gasteiger partial charge in [0.05, 0.1) is 5.02 Å². The third-order valence-electron chi connectivity index (χ3n) is 3.04. The molecule has 5 nitrogen and oxygen atoms in total. The van der Waals surface area contributed by atoms with Crippen LogP contribution in [0.1, 0.15) is 20.7 Å². The van der Waals surface area contributed by atoms with Gasteiger partial charge in [0.25, 0.3) is 5.91 Å². The number of halogens is 2. The number of nitrogens with one attached hydrogen (secondary N) is 1. The number of carbonyl (C=O) groups is 3. The van der Waals surface area contributed by atoms with E-state index in [1.54, 1.807) is 36.4 Å². The van der Waals surface area contributed by atoms with Crippen LogP contribution in [0.5, 0.6) is 0 Å². The second kappa shape index (κ2) is 8.47. The summed E-state index contributed by atoms with van der Waals surface area (Å²) in [6.45, 7) is -0.795. The Kier molecular flexibility index (Phi) is 6.35. The van der Waals surface area contributed by atoms with E-state index in [2.05, 4.69) is 5.32 Å². The van der Waals surface area contributed by atoms with E-state index in [1.807, 2.05) is 0 Å². The Balaban J connectivity index is 1.79. The molecule has 0 saturated carbocycles. The summed E-state index contributed by atoms with van der Waals surface area (Å²) in [6, 6.07) is 12.7. The molecule has 1 N–H and O–H groups in total. The summed E-state index contributed by atoms with van der Waals surface area (Å²) in [5.74, 6) is -1.59. The molecule has 2 aromatic rings. The quantitative estimate of drug-likeness (QED) is 0.630. The van der Waals surface area contributed by atoms with E-state index in [1.165, 1.54) is 12.1 Å². The molecule has 0 aliphatic heterocycles. The third kappa shape index (κ3) is 5.08. The standard InChI is InChI=1S/C17H13Cl2NO4/c18-12-7-5-11(6-8-12)17(23)20-9-16(22)24-10-15(21)13-3-1-2-4-14(13)19/h1-8H,9-10H2,(H,20,23). The molecule has 24 heavy (non-hydrogen) atoms. The highest BCUT2D eigenvalue weighted by atomic mass is 35.5. The average molecular weight is 366 g/mol. The molecule has 0 spiro atoms. The largest absolute Gasteiger partial charge is 0.456 e. The van der Waals surface area contributed by atoms with Gasteiger partial charge in [0.2, 0.25) is 5.78 Å². The zero-order valence-electron chi connectivity index (χ0n) is 12.4. The van der Waals surface area contributed by atoms with E-state index in [0.29, 0.717) is 10.6 Å². The number of carbonyl (C=O) groups excluding carboxylic acids is 3. The molecule has 0 saturated heterocycles. The first-order valence-electron chi connectivity index (χ1n) is 6.94. The van der Waals surface area contributed by atoms with Crippen molar-refractivity contribution in [2.45, 2.75) is 0 Å². The van der Waals surface area contributed by atoms with Crippen LogP contribution in [-0.2, 0) is 9.53 Å². The van der Waals surface area contributed by atoms with E-state index in [-0.39, 0.29) is 17.1 Å². The van der Waals surface area contributed by atoms with Crippen molar-refractivity contribution in [3.63, 3.8) is 0 Å². The van der Waals surface area contributed by atoms with Gasteiger partial charge >= 0.3 is 5.97 Å². The lowest BCUT2D eigenvalue weighted by molar-refractivity contribution is -0.141. The molecule has 2 aromatic carbocycles. The van der Waals surface area contributed by atoms with Gasteiger partial charge in [-0.2, -0.15) is 0 Å². The summed E-state index contributed by atoms with van der Waals surface area (Å²) in [7, 11) is 0. The minimum atomic E-state index is -0.724. The van der Waals surface area contributed by atoms with E-state index < -0.39 is 24.3 Å². The van der Waals surface area contributed by atoms with Crippen LogP contribution in [0.3, 0.4) is 0 Å². The van der Waals surface area contributed by atoms with Crippen molar-refractivity contribution in [2.24, 2.45) is 0 Å². The number of hydrogen-bond donors (Lipinski definition) is 1. The maximum Gasteiger partial charge on any atom is 0.325 e. The Labute approximate surface area is 148 Å². The van der Waals surface area contributed by atoms with Crippen LogP contribution in [0, 0.1) is 0 Å². The zero-order chi connectivity index (χ0) is 17.5. The van der Waals surface area contributed by atoms with Crippen LogP contribution in [0.4, 0.5) is 0 Å². The fraction of sp³-hybridized carbons (Fsp3) is 0.118.